The third-order valence-corrected chi connectivity index (χ3v) is 4.82. The first-order chi connectivity index (χ1) is 9.60. The van der Waals surface area contributed by atoms with Crippen LogP contribution < -0.4 is 0 Å². The van der Waals surface area contributed by atoms with Gasteiger partial charge in [0, 0.05) is 11.0 Å². The Balaban J connectivity index is 2.21. The number of carbonyl (C=O) groups excluding carboxylic acids is 1. The molecule has 4 nitrogen and oxygen atoms in total. The lowest BCUT2D eigenvalue weighted by Crippen LogP contribution is -2.25. The first-order valence-electron chi connectivity index (χ1n) is 7.11. The summed E-state index contributed by atoms with van der Waals surface area (Å²) in [7, 11) is 0. The van der Waals surface area contributed by atoms with Crippen LogP contribution in [-0.4, -0.2) is 21.3 Å². The van der Waals surface area contributed by atoms with Gasteiger partial charge in [0.2, 0.25) is 0 Å². The number of hydrogen-bond acceptors (Lipinski definition) is 3. The Kier molecular flexibility index (Phi) is 2.96. The molecule has 0 fully saturated rings. The molecule has 2 atom stereocenters. The van der Waals surface area contributed by atoms with Crippen LogP contribution in [0.25, 0.3) is 16.7 Å². The zero-order valence-corrected chi connectivity index (χ0v) is 12.1. The van der Waals surface area contributed by atoms with Gasteiger partial charge in [-0.25, -0.2) is 0 Å². The molecule has 4 heteroatoms. The van der Waals surface area contributed by atoms with Crippen LogP contribution in [0.4, 0.5) is 0 Å². The molecule has 1 unspecified atom stereocenters. The fourth-order valence-electron chi connectivity index (χ4n) is 3.19. The molecule has 0 aliphatic heterocycles. The van der Waals surface area contributed by atoms with Crippen molar-refractivity contribution in [2.24, 2.45) is 11.3 Å². The second-order valence-corrected chi connectivity index (χ2v) is 5.85. The maximum atomic E-state index is 11.4. The van der Waals surface area contributed by atoms with E-state index in [1.165, 1.54) is 0 Å². The van der Waals surface area contributed by atoms with Gasteiger partial charge in [0.1, 0.15) is 17.3 Å². The highest BCUT2D eigenvalue weighted by Gasteiger charge is 2.43. The highest BCUT2D eigenvalue weighted by Crippen LogP contribution is 2.50. The van der Waals surface area contributed by atoms with Gasteiger partial charge in [-0.2, -0.15) is 4.80 Å². The van der Waals surface area contributed by atoms with E-state index in [2.05, 4.69) is 31.0 Å². The van der Waals surface area contributed by atoms with Crippen LogP contribution in [0.3, 0.4) is 0 Å². The van der Waals surface area contributed by atoms with Crippen molar-refractivity contribution in [1.29, 1.82) is 0 Å². The fourth-order valence-corrected chi connectivity index (χ4v) is 3.19. The van der Waals surface area contributed by atoms with E-state index in [1.807, 2.05) is 24.3 Å². The smallest absolute Gasteiger partial charge is 0.147 e. The lowest BCUT2D eigenvalue weighted by Gasteiger charge is -2.30. The summed E-state index contributed by atoms with van der Waals surface area (Å²) in [6.07, 6.45) is 2.75. The van der Waals surface area contributed by atoms with Crippen molar-refractivity contribution in [1.82, 2.24) is 15.0 Å². The molecule has 1 aliphatic rings. The first-order valence-corrected chi connectivity index (χ1v) is 7.11. The molecule has 0 saturated carbocycles. The van der Waals surface area contributed by atoms with E-state index in [1.54, 1.807) is 4.80 Å². The lowest BCUT2D eigenvalue weighted by atomic mass is 9.77. The normalized spacial score (nSPS) is 26.4. The minimum atomic E-state index is -0.0503. The molecular weight excluding hydrogens is 250 g/mol. The SMILES string of the molecule is CC[C@]1(C)C(n2nc3ccccc3n2)=C(C=O)CC1C. The fraction of sp³-hybridized carbons (Fsp3) is 0.438. The second-order valence-electron chi connectivity index (χ2n) is 5.85. The number of benzene rings is 1. The van der Waals surface area contributed by atoms with Gasteiger partial charge in [-0.15, -0.1) is 10.2 Å². The quantitative estimate of drug-likeness (QED) is 0.803. The molecule has 0 spiro atoms. The first kappa shape index (κ1) is 13.0. The van der Waals surface area contributed by atoms with Crippen LogP contribution in [0.1, 0.15) is 33.6 Å². The van der Waals surface area contributed by atoms with Crippen molar-refractivity contribution in [3.8, 4) is 0 Å². The number of carbonyl (C=O) groups is 1. The van der Waals surface area contributed by atoms with Crippen molar-refractivity contribution < 1.29 is 4.79 Å². The van der Waals surface area contributed by atoms with Gasteiger partial charge in [-0.05, 0) is 30.9 Å². The topological polar surface area (TPSA) is 47.8 Å². The van der Waals surface area contributed by atoms with Gasteiger partial charge < -0.3 is 0 Å². The highest BCUT2D eigenvalue weighted by atomic mass is 16.1. The summed E-state index contributed by atoms with van der Waals surface area (Å²) in [5.74, 6) is 0.428. The van der Waals surface area contributed by atoms with Crippen molar-refractivity contribution in [3.05, 3.63) is 29.8 Å². The molecule has 1 aromatic heterocycles. The standard InChI is InChI=1S/C16H19N3O/c1-4-16(3)11(2)9-12(10-20)15(16)19-17-13-7-5-6-8-14(13)18-19/h5-8,10-11H,4,9H2,1-3H3/t11?,16-/m0/s1. The van der Waals surface area contributed by atoms with E-state index >= 15 is 0 Å². The molecule has 3 rings (SSSR count). The van der Waals surface area contributed by atoms with Crippen LogP contribution in [0, 0.1) is 11.3 Å². The Bertz CT molecular complexity index is 668. The third-order valence-electron chi connectivity index (χ3n) is 4.82. The number of nitrogens with zero attached hydrogens (tertiary/aromatic N) is 3. The predicted molar refractivity (Wildman–Crippen MR) is 79.0 cm³/mol. The maximum Gasteiger partial charge on any atom is 0.147 e. The number of rotatable bonds is 3. The average Bonchev–Trinajstić information content (AvgIpc) is 2.98. The average molecular weight is 269 g/mol. The second kappa shape index (κ2) is 4.54. The summed E-state index contributed by atoms with van der Waals surface area (Å²) in [6.45, 7) is 6.56. The number of aldehydes is 1. The molecular formula is C16H19N3O. The number of fused-ring (bicyclic) bond motifs is 1. The Hall–Kier alpha value is -1.97. The largest absolute Gasteiger partial charge is 0.298 e. The van der Waals surface area contributed by atoms with Crippen molar-refractivity contribution >= 4 is 23.0 Å². The van der Waals surface area contributed by atoms with E-state index in [0.717, 1.165) is 41.4 Å². The van der Waals surface area contributed by atoms with E-state index in [-0.39, 0.29) is 5.41 Å². The molecule has 20 heavy (non-hydrogen) atoms. The Labute approximate surface area is 118 Å². The summed E-state index contributed by atoms with van der Waals surface area (Å²) < 4.78 is 0. The van der Waals surface area contributed by atoms with Crippen molar-refractivity contribution in [3.63, 3.8) is 0 Å². The molecule has 0 saturated heterocycles. The van der Waals surface area contributed by atoms with Gasteiger partial charge in [-0.1, -0.05) is 32.9 Å². The monoisotopic (exact) mass is 269 g/mol. The Morgan fingerprint density at radius 3 is 2.45 bits per heavy atom. The van der Waals surface area contributed by atoms with Crippen LogP contribution in [0.15, 0.2) is 29.8 Å². The molecule has 1 aliphatic carbocycles. The van der Waals surface area contributed by atoms with Gasteiger partial charge in [-0.3, -0.25) is 4.79 Å². The van der Waals surface area contributed by atoms with Gasteiger partial charge >= 0.3 is 0 Å². The summed E-state index contributed by atoms with van der Waals surface area (Å²) in [5.41, 5.74) is 3.48. The minimum Gasteiger partial charge on any atom is -0.298 e. The zero-order chi connectivity index (χ0) is 14.3. The van der Waals surface area contributed by atoms with Crippen LogP contribution in [0.2, 0.25) is 0 Å². The summed E-state index contributed by atoms with van der Waals surface area (Å²) in [6, 6.07) is 7.79. The predicted octanol–water partition coefficient (Wildman–Crippen LogP) is 3.30. The van der Waals surface area contributed by atoms with Gasteiger partial charge in [0.15, 0.2) is 0 Å². The van der Waals surface area contributed by atoms with E-state index in [9.17, 15) is 4.79 Å². The molecule has 0 amide bonds. The molecule has 0 N–H and O–H groups in total. The molecule has 1 aromatic carbocycles. The van der Waals surface area contributed by atoms with Crippen LogP contribution in [-0.2, 0) is 4.79 Å². The Morgan fingerprint density at radius 1 is 1.35 bits per heavy atom. The maximum absolute atomic E-state index is 11.4. The van der Waals surface area contributed by atoms with Crippen LogP contribution in [0.5, 0.6) is 0 Å². The van der Waals surface area contributed by atoms with Crippen LogP contribution >= 0.6 is 0 Å². The van der Waals surface area contributed by atoms with E-state index < -0.39 is 0 Å². The number of hydrogen-bond donors (Lipinski definition) is 0. The van der Waals surface area contributed by atoms with Crippen molar-refractivity contribution in [2.75, 3.05) is 0 Å². The minimum absolute atomic E-state index is 0.0503. The Morgan fingerprint density at radius 2 is 1.95 bits per heavy atom. The number of allylic oxidation sites excluding steroid dienone is 2. The van der Waals surface area contributed by atoms with Gasteiger partial charge in [0.05, 0.1) is 5.70 Å². The molecule has 104 valence electrons. The summed E-state index contributed by atoms with van der Waals surface area (Å²) >= 11 is 0. The van der Waals surface area contributed by atoms with E-state index in [4.69, 9.17) is 0 Å². The molecule has 0 bridgehead atoms. The molecule has 2 aromatic rings. The third kappa shape index (κ3) is 1.71. The van der Waals surface area contributed by atoms with Gasteiger partial charge in [0.25, 0.3) is 0 Å². The highest BCUT2D eigenvalue weighted by molar-refractivity contribution is 5.86. The van der Waals surface area contributed by atoms with Crippen molar-refractivity contribution in [2.45, 2.75) is 33.6 Å². The number of aromatic nitrogens is 3. The lowest BCUT2D eigenvalue weighted by molar-refractivity contribution is -0.105. The summed E-state index contributed by atoms with van der Waals surface area (Å²) in [4.78, 5) is 13.1. The summed E-state index contributed by atoms with van der Waals surface area (Å²) in [5, 5.41) is 9.12. The molecule has 1 heterocycles. The molecule has 0 radical (unpaired) electrons. The zero-order valence-electron chi connectivity index (χ0n) is 12.1. The van der Waals surface area contributed by atoms with E-state index in [0.29, 0.717) is 5.92 Å².